The van der Waals surface area contributed by atoms with Crippen LogP contribution in [0.2, 0.25) is 0 Å². The van der Waals surface area contributed by atoms with Gasteiger partial charge < -0.3 is 16.6 Å². The molecule has 0 radical (unpaired) electrons. The molecule has 1 aromatic heterocycles. The molecular formula is C16H19N5. The Balaban J connectivity index is 1.93. The van der Waals surface area contributed by atoms with Crippen LogP contribution in [0.15, 0.2) is 35.6 Å². The smallest absolute Gasteiger partial charge is 0.127 e. The maximum absolute atomic E-state index is 5.95. The summed E-state index contributed by atoms with van der Waals surface area (Å²) in [6.07, 6.45) is 5.42. The molecule has 0 amide bonds. The van der Waals surface area contributed by atoms with E-state index in [-0.39, 0.29) is 5.92 Å². The van der Waals surface area contributed by atoms with Crippen molar-refractivity contribution in [3.63, 3.8) is 0 Å². The number of nitrogens with zero attached hydrogens (tertiary/aromatic N) is 2. The highest BCUT2D eigenvalue weighted by Crippen LogP contribution is 2.40. The van der Waals surface area contributed by atoms with Gasteiger partial charge in [0, 0.05) is 35.6 Å². The van der Waals surface area contributed by atoms with Crippen molar-refractivity contribution in [1.29, 1.82) is 0 Å². The lowest BCUT2D eigenvalue weighted by Gasteiger charge is -2.39. The second-order valence-corrected chi connectivity index (χ2v) is 5.98. The molecule has 5 heteroatoms. The fraction of sp³-hybridized carbons (Fsp3) is 0.312. The molecule has 5 N–H and O–H groups in total. The Morgan fingerprint density at radius 2 is 2.29 bits per heavy atom. The molecule has 0 saturated heterocycles. The van der Waals surface area contributed by atoms with Crippen LogP contribution in [0.1, 0.15) is 11.1 Å². The van der Waals surface area contributed by atoms with Crippen LogP contribution in [0.5, 0.6) is 0 Å². The minimum atomic E-state index is 0.0852. The quantitative estimate of drug-likeness (QED) is 0.318. The van der Waals surface area contributed by atoms with Crippen molar-refractivity contribution in [2.24, 2.45) is 22.6 Å². The minimum absolute atomic E-state index is 0.0852. The molecule has 0 bridgehead atoms. The summed E-state index contributed by atoms with van der Waals surface area (Å²) in [7, 11) is 2.15. The van der Waals surface area contributed by atoms with Crippen LogP contribution in [-0.4, -0.2) is 35.4 Å². The lowest BCUT2D eigenvalue weighted by Crippen LogP contribution is -2.45. The van der Waals surface area contributed by atoms with E-state index in [0.29, 0.717) is 11.9 Å². The topological polar surface area (TPSA) is 83.4 Å². The van der Waals surface area contributed by atoms with Crippen LogP contribution < -0.4 is 11.6 Å². The zero-order valence-corrected chi connectivity index (χ0v) is 12.0. The maximum atomic E-state index is 5.95. The first-order chi connectivity index (χ1) is 10.2. The number of H-pyrrole nitrogens is 1. The van der Waals surface area contributed by atoms with E-state index in [4.69, 9.17) is 11.6 Å². The second kappa shape index (κ2) is 4.36. The van der Waals surface area contributed by atoms with Gasteiger partial charge in [-0.25, -0.2) is 0 Å². The van der Waals surface area contributed by atoms with E-state index < -0.39 is 0 Å². The van der Waals surface area contributed by atoms with Gasteiger partial charge in [-0.3, -0.25) is 4.90 Å². The van der Waals surface area contributed by atoms with Crippen molar-refractivity contribution in [1.82, 2.24) is 9.88 Å². The van der Waals surface area contributed by atoms with Gasteiger partial charge in [-0.2, -0.15) is 5.10 Å². The average molecular weight is 281 g/mol. The molecule has 2 atom stereocenters. The molecule has 108 valence electrons. The molecule has 2 aromatic rings. The summed E-state index contributed by atoms with van der Waals surface area (Å²) in [6.45, 7) is 0.858. The standard InChI is InChI=1S/C16H19N5/c1-21-8-10(16(17)20-18)5-12-11-3-2-4-13-15(11)9(7-19-13)6-14(12)21/h2-5,7,10,14,19H,6,8,18H2,1H3,(H2,17,20). The summed E-state index contributed by atoms with van der Waals surface area (Å²) in [5.74, 6) is 5.95. The molecular weight excluding hydrogens is 262 g/mol. The van der Waals surface area contributed by atoms with Crippen molar-refractivity contribution in [2.45, 2.75) is 12.5 Å². The van der Waals surface area contributed by atoms with Gasteiger partial charge in [-0.05, 0) is 36.2 Å². The fourth-order valence-corrected chi connectivity index (χ4v) is 3.73. The van der Waals surface area contributed by atoms with Crippen LogP contribution in [0.4, 0.5) is 0 Å². The van der Waals surface area contributed by atoms with Crippen LogP contribution >= 0.6 is 0 Å². The Morgan fingerprint density at radius 3 is 3.10 bits per heavy atom. The summed E-state index contributed by atoms with van der Waals surface area (Å²) < 4.78 is 0. The number of amidine groups is 1. The molecule has 5 nitrogen and oxygen atoms in total. The summed E-state index contributed by atoms with van der Waals surface area (Å²) in [4.78, 5) is 5.73. The van der Waals surface area contributed by atoms with E-state index in [2.05, 4.69) is 52.5 Å². The van der Waals surface area contributed by atoms with Crippen molar-refractivity contribution < 1.29 is 0 Å². The van der Waals surface area contributed by atoms with Crippen molar-refractivity contribution in [2.75, 3.05) is 13.6 Å². The van der Waals surface area contributed by atoms with Gasteiger partial charge in [0.05, 0.1) is 0 Å². The van der Waals surface area contributed by atoms with Crippen molar-refractivity contribution in [3.8, 4) is 0 Å². The Kier molecular flexibility index (Phi) is 2.59. The van der Waals surface area contributed by atoms with Crippen LogP contribution in [0.3, 0.4) is 0 Å². The Bertz CT molecular complexity index is 770. The summed E-state index contributed by atoms with van der Waals surface area (Å²) in [6, 6.07) is 6.83. The van der Waals surface area contributed by atoms with Gasteiger partial charge in [0.15, 0.2) is 0 Å². The fourth-order valence-electron chi connectivity index (χ4n) is 3.73. The van der Waals surface area contributed by atoms with E-state index >= 15 is 0 Å². The number of nitrogens with two attached hydrogens (primary N) is 2. The number of hydrogen-bond donors (Lipinski definition) is 3. The Hall–Kier alpha value is -2.27. The number of nitrogens with one attached hydrogen (secondary N) is 1. The van der Waals surface area contributed by atoms with Crippen LogP contribution in [0, 0.1) is 5.92 Å². The van der Waals surface area contributed by atoms with E-state index in [9.17, 15) is 0 Å². The van der Waals surface area contributed by atoms with Crippen LogP contribution in [0.25, 0.3) is 16.5 Å². The van der Waals surface area contributed by atoms with Gasteiger partial charge in [-0.1, -0.05) is 18.2 Å². The third kappa shape index (κ3) is 1.70. The van der Waals surface area contributed by atoms with Gasteiger partial charge in [-0.15, -0.1) is 0 Å². The largest absolute Gasteiger partial charge is 0.385 e. The highest BCUT2D eigenvalue weighted by Gasteiger charge is 2.34. The molecule has 0 saturated carbocycles. The van der Waals surface area contributed by atoms with Crippen LogP contribution in [-0.2, 0) is 6.42 Å². The molecule has 1 aromatic carbocycles. The predicted molar refractivity (Wildman–Crippen MR) is 85.7 cm³/mol. The molecule has 21 heavy (non-hydrogen) atoms. The predicted octanol–water partition coefficient (Wildman–Crippen LogP) is 1.27. The van der Waals surface area contributed by atoms with E-state index in [1.165, 1.54) is 27.6 Å². The van der Waals surface area contributed by atoms with Gasteiger partial charge in [0.25, 0.3) is 0 Å². The van der Waals surface area contributed by atoms with E-state index in [0.717, 1.165) is 13.0 Å². The first-order valence-electron chi connectivity index (χ1n) is 7.23. The van der Waals surface area contributed by atoms with E-state index in [1.54, 1.807) is 0 Å². The Labute approximate surface area is 123 Å². The second-order valence-electron chi connectivity index (χ2n) is 5.98. The van der Waals surface area contributed by atoms with Gasteiger partial charge in [0.2, 0.25) is 0 Å². The number of aromatic nitrogens is 1. The number of likely N-dealkylation sites (N-methyl/N-ethyl adjacent to an activating group) is 1. The van der Waals surface area contributed by atoms with Crippen molar-refractivity contribution >= 4 is 22.3 Å². The van der Waals surface area contributed by atoms with Gasteiger partial charge in [0.1, 0.15) is 5.84 Å². The number of hydrogen-bond acceptors (Lipinski definition) is 3. The normalized spacial score (nSPS) is 25.8. The SMILES string of the molecule is CN1CC(/C(N)=N/N)C=C2c3cccc4[nH]cc(c34)CC21. The first-order valence-corrected chi connectivity index (χ1v) is 7.23. The zero-order valence-electron chi connectivity index (χ0n) is 12.0. The third-order valence-electron chi connectivity index (χ3n) is 4.80. The van der Waals surface area contributed by atoms with Crippen molar-refractivity contribution in [3.05, 3.63) is 41.6 Å². The lowest BCUT2D eigenvalue weighted by molar-refractivity contribution is 0.265. The summed E-state index contributed by atoms with van der Waals surface area (Å²) in [5, 5.41) is 5.03. The number of rotatable bonds is 1. The van der Waals surface area contributed by atoms with Gasteiger partial charge >= 0.3 is 0 Å². The first kappa shape index (κ1) is 12.5. The molecule has 2 heterocycles. The Morgan fingerprint density at radius 1 is 1.43 bits per heavy atom. The lowest BCUT2D eigenvalue weighted by atomic mass is 9.80. The summed E-state index contributed by atoms with van der Waals surface area (Å²) in [5.41, 5.74) is 11.2. The minimum Gasteiger partial charge on any atom is -0.385 e. The molecule has 1 aliphatic heterocycles. The average Bonchev–Trinajstić information content (AvgIpc) is 2.92. The maximum Gasteiger partial charge on any atom is 0.127 e. The third-order valence-corrected chi connectivity index (χ3v) is 4.80. The number of hydrazone groups is 1. The van der Waals surface area contributed by atoms with E-state index in [1.807, 2.05) is 0 Å². The highest BCUT2D eigenvalue weighted by molar-refractivity contribution is 5.99. The molecule has 0 spiro atoms. The number of fused-ring (bicyclic) bond motifs is 2. The molecule has 2 unspecified atom stereocenters. The molecule has 1 aliphatic carbocycles. The zero-order chi connectivity index (χ0) is 14.6. The summed E-state index contributed by atoms with van der Waals surface area (Å²) >= 11 is 0. The molecule has 0 fully saturated rings. The molecule has 4 rings (SSSR count). The highest BCUT2D eigenvalue weighted by atomic mass is 15.2. The molecule has 2 aliphatic rings. The monoisotopic (exact) mass is 281 g/mol. The number of aromatic amines is 1. The number of benzene rings is 1.